The molecule has 134 valence electrons. The van der Waals surface area contributed by atoms with E-state index >= 15 is 0 Å². The van der Waals surface area contributed by atoms with Crippen LogP contribution in [0.15, 0.2) is 12.1 Å². The van der Waals surface area contributed by atoms with Crippen LogP contribution in [0.4, 0.5) is 17.6 Å². The Hall–Kier alpha value is -2.23. The van der Waals surface area contributed by atoms with Crippen molar-refractivity contribution in [3.05, 3.63) is 17.7 Å². The smallest absolute Gasteiger partial charge is 0.496 e. The highest BCUT2D eigenvalue weighted by atomic mass is 19.3. The average Bonchev–Trinajstić information content (AvgIpc) is 2.49. The number of nitrogens with two attached hydrogens (primary N) is 1. The van der Waals surface area contributed by atoms with E-state index in [1.807, 2.05) is 0 Å². The molecule has 2 rings (SSSR count). The van der Waals surface area contributed by atoms with Crippen molar-refractivity contribution in [2.75, 3.05) is 13.7 Å². The maximum Gasteiger partial charge on any atom is 0.507 e. The summed E-state index contributed by atoms with van der Waals surface area (Å²) in [6, 6.07) is 0.982. The van der Waals surface area contributed by atoms with Crippen LogP contribution in [0.5, 0.6) is 17.2 Å². The minimum atomic E-state index is -4.89. The lowest BCUT2D eigenvalue weighted by Gasteiger charge is -2.33. The summed E-state index contributed by atoms with van der Waals surface area (Å²) in [5.74, 6) is -2.04. The van der Waals surface area contributed by atoms with E-state index in [0.717, 1.165) is 6.07 Å². The summed E-state index contributed by atoms with van der Waals surface area (Å²) >= 11 is 0. The van der Waals surface area contributed by atoms with Gasteiger partial charge in [-0.2, -0.15) is 17.6 Å². The van der Waals surface area contributed by atoms with Gasteiger partial charge in [-0.25, -0.2) is 0 Å². The second-order valence-corrected chi connectivity index (χ2v) is 4.87. The molecule has 1 atom stereocenters. The van der Waals surface area contributed by atoms with E-state index in [9.17, 15) is 22.4 Å². The second kappa shape index (κ2) is 6.34. The molecule has 0 amide bonds. The second-order valence-electron chi connectivity index (χ2n) is 4.87. The number of hydrogen-bond acceptors (Lipinski definition) is 6. The van der Waals surface area contributed by atoms with Crippen molar-refractivity contribution in [2.45, 2.75) is 31.6 Å². The Morgan fingerprint density at radius 3 is 2.46 bits per heavy atom. The van der Waals surface area contributed by atoms with Gasteiger partial charge in [0.1, 0.15) is 11.8 Å². The first-order chi connectivity index (χ1) is 11.1. The first kappa shape index (κ1) is 18.1. The first-order valence-corrected chi connectivity index (χ1v) is 6.88. The molecule has 0 saturated carbocycles. The van der Waals surface area contributed by atoms with Crippen molar-refractivity contribution < 1.29 is 41.3 Å². The third kappa shape index (κ3) is 3.18. The molecule has 10 heteroatoms. The number of hydrogen-bond donors (Lipinski definition) is 1. The fourth-order valence-corrected chi connectivity index (χ4v) is 2.10. The molecule has 0 spiro atoms. The summed E-state index contributed by atoms with van der Waals surface area (Å²) < 4.78 is 71.3. The molecule has 1 aromatic rings. The highest BCUT2D eigenvalue weighted by molar-refractivity contribution is 5.76. The molecule has 0 bridgehead atoms. The molecule has 0 aliphatic carbocycles. The van der Waals surface area contributed by atoms with Crippen LogP contribution in [0.3, 0.4) is 0 Å². The van der Waals surface area contributed by atoms with Crippen LogP contribution < -0.4 is 19.9 Å². The van der Waals surface area contributed by atoms with Gasteiger partial charge in [-0.05, 0) is 19.1 Å². The Morgan fingerprint density at radius 1 is 1.25 bits per heavy atom. The Bertz CT molecular complexity index is 638. The van der Waals surface area contributed by atoms with Crippen molar-refractivity contribution in [2.24, 2.45) is 5.73 Å². The maximum atomic E-state index is 13.4. The molecule has 1 aliphatic rings. The number of ether oxygens (including phenoxy) is 4. The van der Waals surface area contributed by atoms with E-state index in [2.05, 4.69) is 9.47 Å². The highest BCUT2D eigenvalue weighted by Crippen LogP contribution is 2.50. The monoisotopic (exact) mass is 353 g/mol. The van der Waals surface area contributed by atoms with Gasteiger partial charge in [-0.15, -0.1) is 0 Å². The van der Waals surface area contributed by atoms with Crippen molar-refractivity contribution >= 4 is 5.97 Å². The van der Waals surface area contributed by atoms with E-state index in [0.29, 0.717) is 0 Å². The van der Waals surface area contributed by atoms with Crippen molar-refractivity contribution in [3.8, 4) is 17.2 Å². The van der Waals surface area contributed by atoms with Gasteiger partial charge in [-0.1, -0.05) is 0 Å². The quantitative estimate of drug-likeness (QED) is 0.645. The van der Waals surface area contributed by atoms with Gasteiger partial charge in [-0.3, -0.25) is 4.79 Å². The lowest BCUT2D eigenvalue weighted by molar-refractivity contribution is -0.391. The fraction of sp³-hybridized carbons (Fsp3) is 0.500. The summed E-state index contributed by atoms with van der Waals surface area (Å²) in [4.78, 5) is 11.6. The van der Waals surface area contributed by atoms with E-state index in [1.165, 1.54) is 13.2 Å². The molecule has 6 nitrogen and oxygen atoms in total. The molecule has 2 N–H and O–H groups in total. The van der Waals surface area contributed by atoms with Crippen LogP contribution in [0.25, 0.3) is 0 Å². The predicted octanol–water partition coefficient (Wildman–Crippen LogP) is 2.08. The number of esters is 1. The molecule has 1 unspecified atom stereocenters. The zero-order valence-electron chi connectivity index (χ0n) is 12.8. The van der Waals surface area contributed by atoms with Crippen LogP contribution in [0.1, 0.15) is 12.5 Å². The van der Waals surface area contributed by atoms with Gasteiger partial charge in [0, 0.05) is 12.0 Å². The van der Waals surface area contributed by atoms with Crippen LogP contribution >= 0.6 is 0 Å². The van der Waals surface area contributed by atoms with Crippen LogP contribution in [-0.2, 0) is 16.0 Å². The number of carbonyl (C=O) groups excluding carboxylic acids is 1. The van der Waals surface area contributed by atoms with Gasteiger partial charge in [0.15, 0.2) is 11.5 Å². The van der Waals surface area contributed by atoms with E-state index in [1.54, 1.807) is 6.92 Å². The van der Waals surface area contributed by atoms with Gasteiger partial charge in [0.2, 0.25) is 0 Å². The summed E-state index contributed by atoms with van der Waals surface area (Å²) in [5, 5.41) is 0. The van der Waals surface area contributed by atoms with Gasteiger partial charge in [0.05, 0.1) is 13.7 Å². The SMILES string of the molecule is CCOC(=O)C(N)Cc1c(OC)ccc2c1OC(F)(F)C(F)(F)O2. The molecule has 1 aromatic carbocycles. The Kier molecular flexibility index (Phi) is 4.79. The number of methoxy groups -OCH3 is 1. The summed E-state index contributed by atoms with van der Waals surface area (Å²) in [5.41, 5.74) is 5.55. The fourth-order valence-electron chi connectivity index (χ4n) is 2.10. The summed E-state index contributed by atoms with van der Waals surface area (Å²) in [6.07, 6.45) is -10.1. The molecule has 0 aromatic heterocycles. The molecule has 1 aliphatic heterocycles. The van der Waals surface area contributed by atoms with Gasteiger partial charge < -0.3 is 24.7 Å². The first-order valence-electron chi connectivity index (χ1n) is 6.88. The lowest BCUT2D eigenvalue weighted by atomic mass is 10.0. The molecular weight excluding hydrogens is 338 g/mol. The topological polar surface area (TPSA) is 80.0 Å². The molecule has 0 saturated heterocycles. The number of halogens is 4. The van der Waals surface area contributed by atoms with Crippen molar-refractivity contribution in [1.82, 2.24) is 0 Å². The number of benzene rings is 1. The highest BCUT2D eigenvalue weighted by Gasteiger charge is 2.66. The zero-order chi connectivity index (χ0) is 18.1. The number of alkyl halides is 4. The number of fused-ring (bicyclic) bond motifs is 1. The van der Waals surface area contributed by atoms with Crippen LogP contribution in [0, 0.1) is 0 Å². The molecule has 0 fully saturated rings. The van der Waals surface area contributed by atoms with Crippen molar-refractivity contribution in [3.63, 3.8) is 0 Å². The number of carbonyl (C=O) groups is 1. The molecular formula is C14H15F4NO5. The normalized spacial score (nSPS) is 18.6. The summed E-state index contributed by atoms with van der Waals surface area (Å²) in [7, 11) is 1.23. The third-order valence-electron chi connectivity index (χ3n) is 3.22. The Labute approximate surface area is 134 Å². The lowest BCUT2D eigenvalue weighted by Crippen LogP contribution is -2.52. The minimum absolute atomic E-state index is 0.0260. The molecule has 0 radical (unpaired) electrons. The van der Waals surface area contributed by atoms with Crippen LogP contribution in [0.2, 0.25) is 0 Å². The standard InChI is InChI=1S/C14H15F4NO5/c1-3-22-12(20)8(19)6-7-9(21-2)4-5-10-11(7)24-14(17,18)13(15,16)23-10/h4-5,8H,3,6,19H2,1-2H3. The van der Waals surface area contributed by atoms with E-state index < -0.39 is 35.7 Å². The minimum Gasteiger partial charge on any atom is -0.496 e. The van der Waals surface area contributed by atoms with E-state index in [4.69, 9.17) is 15.2 Å². The van der Waals surface area contributed by atoms with Crippen LogP contribution in [-0.4, -0.2) is 37.9 Å². The number of rotatable bonds is 5. The third-order valence-corrected chi connectivity index (χ3v) is 3.22. The Morgan fingerprint density at radius 2 is 1.88 bits per heavy atom. The average molecular weight is 353 g/mol. The molecule has 24 heavy (non-hydrogen) atoms. The van der Waals surface area contributed by atoms with Gasteiger partial charge in [0.25, 0.3) is 0 Å². The van der Waals surface area contributed by atoms with E-state index in [-0.39, 0.29) is 24.3 Å². The van der Waals surface area contributed by atoms with Gasteiger partial charge >= 0.3 is 18.2 Å². The molecule has 1 heterocycles. The Balaban J connectivity index is 2.43. The summed E-state index contributed by atoms with van der Waals surface area (Å²) in [6.45, 7) is 1.63. The zero-order valence-corrected chi connectivity index (χ0v) is 12.8. The van der Waals surface area contributed by atoms with Crippen molar-refractivity contribution in [1.29, 1.82) is 0 Å². The maximum absolute atomic E-state index is 13.4. The largest absolute Gasteiger partial charge is 0.507 e. The predicted molar refractivity (Wildman–Crippen MR) is 72.5 cm³/mol.